The van der Waals surface area contributed by atoms with Crippen molar-refractivity contribution in [2.75, 3.05) is 13.2 Å². The van der Waals surface area contributed by atoms with Gasteiger partial charge in [0, 0.05) is 13.3 Å². The highest BCUT2D eigenvalue weighted by Gasteiger charge is 2.55. The van der Waals surface area contributed by atoms with Crippen molar-refractivity contribution in [2.45, 2.75) is 144 Å². The molecule has 4 saturated heterocycles. The Kier molecular flexibility index (Phi) is 12.5. The molecule has 262 valence electrons. The maximum atomic E-state index is 12.2. The lowest BCUT2D eigenvalue weighted by Crippen LogP contribution is -2.70. The van der Waals surface area contributed by atoms with Gasteiger partial charge in [-0.05, 0) is 13.8 Å². The first-order valence-electron chi connectivity index (χ1n) is 14.7. The van der Waals surface area contributed by atoms with Crippen molar-refractivity contribution in [3.63, 3.8) is 0 Å². The van der Waals surface area contributed by atoms with E-state index in [-0.39, 0.29) is 6.42 Å². The smallest absolute Gasteiger partial charge is 0.217 e. The van der Waals surface area contributed by atoms with Gasteiger partial charge in [0.25, 0.3) is 0 Å². The first kappa shape index (κ1) is 36.6. The molecule has 4 fully saturated rings. The van der Waals surface area contributed by atoms with Gasteiger partial charge >= 0.3 is 0 Å². The summed E-state index contributed by atoms with van der Waals surface area (Å²) in [5.74, 6) is -0.675. The van der Waals surface area contributed by atoms with Crippen molar-refractivity contribution < 1.29 is 89.0 Å². The molecular weight excluding hydrogens is 614 g/mol. The van der Waals surface area contributed by atoms with Crippen LogP contribution in [0.3, 0.4) is 0 Å². The molecular formula is C26H45NO18. The molecule has 19 atom stereocenters. The quantitative estimate of drug-likeness (QED) is 0.110. The largest absolute Gasteiger partial charge is 0.394 e. The van der Waals surface area contributed by atoms with Crippen LogP contribution in [-0.2, 0) is 38.0 Å². The van der Waals surface area contributed by atoms with Crippen LogP contribution >= 0.6 is 0 Å². The number of amides is 1. The van der Waals surface area contributed by atoms with E-state index >= 15 is 0 Å². The van der Waals surface area contributed by atoms with Crippen LogP contribution in [0.2, 0.25) is 0 Å². The third-order valence-electron chi connectivity index (χ3n) is 8.41. The van der Waals surface area contributed by atoms with Crippen LogP contribution in [0.1, 0.15) is 27.2 Å². The molecule has 0 spiro atoms. The molecule has 19 heteroatoms. The molecule has 45 heavy (non-hydrogen) atoms. The molecule has 0 bridgehead atoms. The van der Waals surface area contributed by atoms with E-state index in [0.717, 1.165) is 6.92 Å². The van der Waals surface area contributed by atoms with Gasteiger partial charge in [0.15, 0.2) is 25.2 Å². The van der Waals surface area contributed by atoms with Crippen LogP contribution in [-0.4, -0.2) is 187 Å². The minimum Gasteiger partial charge on any atom is -0.394 e. The van der Waals surface area contributed by atoms with Crippen LogP contribution in [0.15, 0.2) is 0 Å². The van der Waals surface area contributed by atoms with Gasteiger partial charge in [0.1, 0.15) is 73.2 Å². The van der Waals surface area contributed by atoms with Crippen LogP contribution in [0.4, 0.5) is 0 Å². The number of nitrogens with one attached hydrogen (secondary N) is 1. The van der Waals surface area contributed by atoms with E-state index in [0.29, 0.717) is 0 Å². The molecule has 0 aromatic carbocycles. The molecule has 4 aliphatic rings. The highest BCUT2D eigenvalue weighted by atomic mass is 16.8. The van der Waals surface area contributed by atoms with Crippen LogP contribution < -0.4 is 5.32 Å². The summed E-state index contributed by atoms with van der Waals surface area (Å²) in [7, 11) is 0. The van der Waals surface area contributed by atoms with E-state index in [4.69, 9.17) is 33.2 Å². The Hall–Kier alpha value is -1.21. The fourth-order valence-corrected chi connectivity index (χ4v) is 5.75. The molecule has 0 saturated carbocycles. The summed E-state index contributed by atoms with van der Waals surface area (Å²) >= 11 is 0. The Bertz CT molecular complexity index is 965. The first-order valence-corrected chi connectivity index (χ1v) is 14.7. The van der Waals surface area contributed by atoms with Gasteiger partial charge < -0.3 is 89.5 Å². The molecule has 0 radical (unpaired) electrons. The van der Waals surface area contributed by atoms with Gasteiger partial charge in [-0.15, -0.1) is 0 Å². The first-order chi connectivity index (χ1) is 21.2. The van der Waals surface area contributed by atoms with Crippen molar-refractivity contribution in [2.24, 2.45) is 0 Å². The molecule has 19 nitrogen and oxygen atoms in total. The van der Waals surface area contributed by atoms with Crippen molar-refractivity contribution >= 4 is 5.91 Å². The van der Waals surface area contributed by atoms with Crippen molar-refractivity contribution in [1.82, 2.24) is 5.32 Å². The van der Waals surface area contributed by atoms with E-state index in [9.17, 15) is 55.9 Å². The van der Waals surface area contributed by atoms with Crippen molar-refractivity contribution in [3.8, 4) is 0 Å². The predicted molar refractivity (Wildman–Crippen MR) is 141 cm³/mol. The molecule has 0 aliphatic carbocycles. The number of rotatable bonds is 9. The predicted octanol–water partition coefficient (Wildman–Crippen LogP) is -6.52. The fraction of sp³-hybridized carbons (Fsp3) is 0.962. The molecule has 4 rings (SSSR count). The lowest BCUT2D eigenvalue weighted by atomic mass is 9.94. The van der Waals surface area contributed by atoms with E-state index in [1.807, 2.05) is 0 Å². The maximum Gasteiger partial charge on any atom is 0.217 e. The summed E-state index contributed by atoms with van der Waals surface area (Å²) in [6, 6.07) is -1.49. The normalized spacial score (nSPS) is 51.1. The van der Waals surface area contributed by atoms with E-state index in [1.54, 1.807) is 0 Å². The topological polar surface area (TPSA) is 296 Å². The second-order valence-corrected chi connectivity index (χ2v) is 11.7. The van der Waals surface area contributed by atoms with Crippen LogP contribution in [0.5, 0.6) is 0 Å². The Morgan fingerprint density at radius 2 is 1.24 bits per heavy atom. The second kappa shape index (κ2) is 15.3. The third-order valence-corrected chi connectivity index (χ3v) is 8.41. The number of carbonyl (C=O) groups is 1. The Labute approximate surface area is 257 Å². The molecule has 1 amide bonds. The highest BCUT2D eigenvalue weighted by molar-refractivity contribution is 5.73. The number of ether oxygens (including phenoxy) is 7. The van der Waals surface area contributed by atoms with Crippen molar-refractivity contribution in [3.05, 3.63) is 0 Å². The van der Waals surface area contributed by atoms with Gasteiger partial charge in [-0.2, -0.15) is 0 Å². The standard InChI is InChI=1S/C26H45NO18/c1-7-10(31)4-11(32)24(39-7)45-22-18(36)16(34)12(5-28)42-26(22)44-21-14(27-9(3)30)23(38)41-13(6-29)20(21)43-25-19(37)17(35)15(33)8(2)40-25/h7-8,10-26,28-29,31-38H,4-6H2,1-3H3,(H,27,30)/t7-,8-,10-,11-,12+,13+,14+,15+,16-,17+,18-,19-,20+,21+,22+,23?,24-,25-,26-/m0/s1. The fourth-order valence-electron chi connectivity index (χ4n) is 5.75. The molecule has 0 aromatic rings. The lowest BCUT2D eigenvalue weighted by Gasteiger charge is -2.50. The van der Waals surface area contributed by atoms with Gasteiger partial charge in [0.05, 0.1) is 31.5 Å². The van der Waals surface area contributed by atoms with E-state index < -0.39 is 136 Å². The minimum atomic E-state index is -1.84. The zero-order chi connectivity index (χ0) is 33.3. The summed E-state index contributed by atoms with van der Waals surface area (Å²) in [5.41, 5.74) is 0. The van der Waals surface area contributed by atoms with Crippen molar-refractivity contribution in [1.29, 1.82) is 0 Å². The summed E-state index contributed by atoms with van der Waals surface area (Å²) < 4.78 is 40.1. The number of aliphatic hydroxyl groups is 10. The maximum absolute atomic E-state index is 12.2. The lowest BCUT2D eigenvalue weighted by molar-refractivity contribution is -0.386. The molecule has 4 aliphatic heterocycles. The monoisotopic (exact) mass is 659 g/mol. The molecule has 11 N–H and O–H groups in total. The number of hydrogen-bond donors (Lipinski definition) is 11. The second-order valence-electron chi connectivity index (χ2n) is 11.7. The SMILES string of the molecule is CC(=O)N[C@H]1C(O)O[C@H](CO)[C@@H](O[C@@H]2O[C@@H](C)[C@@H](O)[C@@H](O)[C@@H]2O)[C@@H]1O[C@@H]1O[C@H](CO)[C@H](O)[C@H](O)[C@H]1O[C@@H]1O[C@@H](C)[C@@H](O)C[C@@H]1O. The Balaban J connectivity index is 1.68. The number of hydrogen-bond acceptors (Lipinski definition) is 18. The molecule has 4 heterocycles. The van der Waals surface area contributed by atoms with Gasteiger partial charge in [0.2, 0.25) is 5.91 Å². The summed E-state index contributed by atoms with van der Waals surface area (Å²) in [5, 5.41) is 106. The van der Waals surface area contributed by atoms with Gasteiger partial charge in [-0.25, -0.2) is 0 Å². The summed E-state index contributed by atoms with van der Waals surface area (Å²) in [6.07, 6.45) is -27.4. The number of carbonyl (C=O) groups excluding carboxylic acids is 1. The van der Waals surface area contributed by atoms with Gasteiger partial charge in [-0.1, -0.05) is 0 Å². The Morgan fingerprint density at radius 1 is 0.644 bits per heavy atom. The van der Waals surface area contributed by atoms with Crippen LogP contribution in [0, 0.1) is 0 Å². The molecule has 1 unspecified atom stereocenters. The average Bonchev–Trinajstić information content (AvgIpc) is 2.99. The summed E-state index contributed by atoms with van der Waals surface area (Å²) in [6.45, 7) is 2.42. The minimum absolute atomic E-state index is 0.156. The van der Waals surface area contributed by atoms with Gasteiger partial charge in [-0.3, -0.25) is 4.79 Å². The summed E-state index contributed by atoms with van der Waals surface area (Å²) in [4.78, 5) is 12.2. The highest BCUT2D eigenvalue weighted by Crippen LogP contribution is 2.35. The van der Waals surface area contributed by atoms with E-state index in [2.05, 4.69) is 5.32 Å². The number of aliphatic hydroxyl groups excluding tert-OH is 10. The third kappa shape index (κ3) is 7.92. The van der Waals surface area contributed by atoms with E-state index in [1.165, 1.54) is 13.8 Å². The molecule has 0 aromatic heterocycles. The average molecular weight is 660 g/mol. The zero-order valence-electron chi connectivity index (χ0n) is 24.8. The zero-order valence-corrected chi connectivity index (χ0v) is 24.8. The Morgan fingerprint density at radius 3 is 1.87 bits per heavy atom. The van der Waals surface area contributed by atoms with Crippen LogP contribution in [0.25, 0.3) is 0 Å².